The average Bonchev–Trinajstić information content (AvgIpc) is 3.71. The highest BCUT2D eigenvalue weighted by Gasteiger charge is 2.49. The van der Waals surface area contributed by atoms with Gasteiger partial charge >= 0.3 is 0 Å². The molecule has 2 aliphatic rings. The van der Waals surface area contributed by atoms with E-state index in [1.54, 1.807) is 0 Å². The van der Waals surface area contributed by atoms with Crippen LogP contribution in [0.3, 0.4) is 0 Å². The number of hydrogen-bond acceptors (Lipinski definition) is 1. The minimum absolute atomic E-state index is 0.0344. The fourth-order valence-electron chi connectivity index (χ4n) is 9.51. The normalized spacial score (nSPS) is 14.2. The summed E-state index contributed by atoms with van der Waals surface area (Å²) in [6, 6.07) is 73.0. The molecular weight excluding hydrogens is 629 g/mol. The summed E-state index contributed by atoms with van der Waals surface area (Å²) in [4.78, 5) is 15.6. The van der Waals surface area contributed by atoms with Crippen LogP contribution in [0.2, 0.25) is 0 Å². The van der Waals surface area contributed by atoms with Crippen LogP contribution >= 0.6 is 0 Å². The molecule has 0 saturated carbocycles. The first-order chi connectivity index (χ1) is 25.8. The van der Waals surface area contributed by atoms with Crippen molar-refractivity contribution in [2.75, 3.05) is 0 Å². The highest BCUT2D eigenvalue weighted by atomic mass is 16.1. The van der Waals surface area contributed by atoms with Crippen molar-refractivity contribution in [2.24, 2.45) is 0 Å². The maximum Gasteiger partial charge on any atom is 0.194 e. The Hall–Kier alpha value is -6.57. The third kappa shape index (κ3) is 4.02. The monoisotopic (exact) mass is 662 g/mol. The maximum atomic E-state index is 15.6. The minimum atomic E-state index is -0.578. The lowest BCUT2D eigenvalue weighted by Crippen LogP contribution is -2.28. The van der Waals surface area contributed by atoms with Crippen molar-refractivity contribution in [3.63, 3.8) is 0 Å². The summed E-state index contributed by atoms with van der Waals surface area (Å²) < 4.78 is 0. The second kappa shape index (κ2) is 11.8. The molecule has 8 aromatic carbocycles. The van der Waals surface area contributed by atoms with Crippen LogP contribution in [0, 0.1) is 0 Å². The minimum Gasteiger partial charge on any atom is -0.289 e. The van der Waals surface area contributed by atoms with Crippen LogP contribution in [-0.4, -0.2) is 5.78 Å². The largest absolute Gasteiger partial charge is 0.289 e. The Kier molecular flexibility index (Phi) is 6.84. The maximum absolute atomic E-state index is 15.6. The zero-order valence-electron chi connectivity index (χ0n) is 28.5. The van der Waals surface area contributed by atoms with Gasteiger partial charge in [0.2, 0.25) is 0 Å². The summed E-state index contributed by atoms with van der Waals surface area (Å²) in [5.74, 6) is 0.0344. The van der Waals surface area contributed by atoms with Crippen molar-refractivity contribution < 1.29 is 4.79 Å². The first-order valence-corrected chi connectivity index (χ1v) is 18.0. The molecular formula is C51H34O. The Balaban J connectivity index is 1.26. The van der Waals surface area contributed by atoms with Gasteiger partial charge in [0.25, 0.3) is 0 Å². The molecule has 1 nitrogen and oxygen atoms in total. The van der Waals surface area contributed by atoms with Crippen LogP contribution in [0.25, 0.3) is 22.3 Å². The third-order valence-electron chi connectivity index (χ3n) is 11.5. The number of fused-ring (bicyclic) bond motifs is 6. The van der Waals surface area contributed by atoms with Gasteiger partial charge in [-0.1, -0.05) is 206 Å². The van der Waals surface area contributed by atoms with Gasteiger partial charge < -0.3 is 0 Å². The van der Waals surface area contributed by atoms with Crippen molar-refractivity contribution in [1.29, 1.82) is 0 Å². The first-order valence-electron chi connectivity index (χ1n) is 18.0. The molecule has 0 aromatic heterocycles. The number of hydrogen-bond donors (Lipinski definition) is 0. The molecule has 0 N–H and O–H groups in total. The second-order valence-corrected chi connectivity index (χ2v) is 13.8. The zero-order valence-corrected chi connectivity index (χ0v) is 28.5. The van der Waals surface area contributed by atoms with Gasteiger partial charge in [-0.25, -0.2) is 0 Å². The number of carbonyl (C=O) groups excluding carboxylic acids is 1. The van der Waals surface area contributed by atoms with Crippen LogP contribution in [0.4, 0.5) is 0 Å². The molecule has 0 spiro atoms. The second-order valence-electron chi connectivity index (χ2n) is 13.8. The van der Waals surface area contributed by atoms with Gasteiger partial charge in [0.1, 0.15) is 0 Å². The average molecular weight is 663 g/mol. The quantitative estimate of drug-likeness (QED) is 0.162. The molecule has 0 amide bonds. The number of ketones is 1. The van der Waals surface area contributed by atoms with Gasteiger partial charge in [0.15, 0.2) is 5.78 Å². The number of benzene rings is 8. The van der Waals surface area contributed by atoms with E-state index < -0.39 is 10.8 Å². The van der Waals surface area contributed by atoms with Crippen molar-refractivity contribution in [3.05, 3.63) is 262 Å². The van der Waals surface area contributed by atoms with Crippen LogP contribution in [0.15, 0.2) is 206 Å². The highest BCUT2D eigenvalue weighted by Crippen LogP contribution is 2.59. The van der Waals surface area contributed by atoms with E-state index in [0.717, 1.165) is 44.5 Å². The summed E-state index contributed by atoms with van der Waals surface area (Å²) in [6.07, 6.45) is 0. The summed E-state index contributed by atoms with van der Waals surface area (Å²) in [5, 5.41) is 0. The SMILES string of the molecule is O=C(c1cccc2c1-c1ccccc1C2(c1ccccc1)c1ccccc1)c1cccc2c1-c1ccccc1C2(c1ccccc1)c1ccccc1. The van der Waals surface area contributed by atoms with E-state index in [9.17, 15) is 0 Å². The third-order valence-corrected chi connectivity index (χ3v) is 11.5. The molecule has 10 rings (SSSR count). The van der Waals surface area contributed by atoms with E-state index in [2.05, 4.69) is 194 Å². The standard InChI is InChI=1S/C51H34O/c52-49(41-29-17-33-45-47(41)39-27-13-15-31-43(39)50(45,35-19-5-1-6-20-35)36-21-7-2-8-22-36)42-30-18-34-46-48(42)40-28-14-16-32-44(40)51(46,37-23-9-3-10-24-37)38-25-11-4-12-26-38/h1-34H. The lowest BCUT2D eigenvalue weighted by Gasteiger charge is -2.34. The van der Waals surface area contributed by atoms with Crippen LogP contribution in [0.5, 0.6) is 0 Å². The number of rotatable bonds is 6. The molecule has 1 heteroatoms. The molecule has 0 unspecified atom stereocenters. The van der Waals surface area contributed by atoms with Gasteiger partial charge in [-0.3, -0.25) is 4.79 Å². The van der Waals surface area contributed by atoms with Crippen LogP contribution in [-0.2, 0) is 10.8 Å². The Labute approximate surface area is 304 Å². The first kappa shape index (κ1) is 30.3. The van der Waals surface area contributed by atoms with E-state index in [4.69, 9.17) is 0 Å². The molecule has 8 aromatic rings. The van der Waals surface area contributed by atoms with Crippen LogP contribution in [0.1, 0.15) is 60.4 Å². The fourth-order valence-corrected chi connectivity index (χ4v) is 9.51. The van der Waals surface area contributed by atoms with Crippen molar-refractivity contribution >= 4 is 5.78 Å². The predicted octanol–water partition coefficient (Wildman–Crippen LogP) is 11.6. The van der Waals surface area contributed by atoms with Gasteiger partial charge in [0, 0.05) is 11.1 Å². The van der Waals surface area contributed by atoms with Crippen LogP contribution < -0.4 is 0 Å². The van der Waals surface area contributed by atoms with E-state index in [1.165, 1.54) is 33.4 Å². The van der Waals surface area contributed by atoms with E-state index in [-0.39, 0.29) is 5.78 Å². The highest BCUT2D eigenvalue weighted by molar-refractivity contribution is 6.18. The van der Waals surface area contributed by atoms with E-state index in [1.807, 2.05) is 12.1 Å². The molecule has 0 heterocycles. The summed E-state index contributed by atoms with van der Waals surface area (Å²) in [7, 11) is 0. The molecule has 2 aliphatic carbocycles. The summed E-state index contributed by atoms with van der Waals surface area (Å²) in [5.41, 5.74) is 13.9. The van der Waals surface area contributed by atoms with Crippen molar-refractivity contribution in [1.82, 2.24) is 0 Å². The van der Waals surface area contributed by atoms with Crippen molar-refractivity contribution in [2.45, 2.75) is 10.8 Å². The molecule has 0 aliphatic heterocycles. The summed E-state index contributed by atoms with van der Waals surface area (Å²) in [6.45, 7) is 0. The van der Waals surface area contributed by atoms with Gasteiger partial charge in [-0.2, -0.15) is 0 Å². The topological polar surface area (TPSA) is 17.1 Å². The molecule has 0 bridgehead atoms. The number of carbonyl (C=O) groups is 1. The molecule has 0 radical (unpaired) electrons. The molecule has 0 fully saturated rings. The van der Waals surface area contributed by atoms with Crippen molar-refractivity contribution in [3.8, 4) is 22.3 Å². The fraction of sp³-hybridized carbons (Fsp3) is 0.0392. The molecule has 52 heavy (non-hydrogen) atoms. The molecule has 244 valence electrons. The summed E-state index contributed by atoms with van der Waals surface area (Å²) >= 11 is 0. The van der Waals surface area contributed by atoms with E-state index >= 15 is 4.79 Å². The lowest BCUT2D eigenvalue weighted by molar-refractivity contribution is 0.104. The predicted molar refractivity (Wildman–Crippen MR) is 211 cm³/mol. The van der Waals surface area contributed by atoms with Gasteiger partial charge in [0.05, 0.1) is 10.8 Å². The Morgan fingerprint density at radius 2 is 0.577 bits per heavy atom. The Morgan fingerprint density at radius 1 is 0.288 bits per heavy atom. The lowest BCUT2D eigenvalue weighted by atomic mass is 9.67. The zero-order chi connectivity index (χ0) is 34.7. The van der Waals surface area contributed by atoms with Gasteiger partial charge in [-0.15, -0.1) is 0 Å². The molecule has 0 atom stereocenters. The van der Waals surface area contributed by atoms with E-state index in [0.29, 0.717) is 0 Å². The smallest absolute Gasteiger partial charge is 0.194 e. The Morgan fingerprint density at radius 3 is 0.923 bits per heavy atom. The van der Waals surface area contributed by atoms with Gasteiger partial charge in [-0.05, 0) is 66.8 Å². The molecule has 0 saturated heterocycles. The Bertz CT molecular complexity index is 2360.